The lowest BCUT2D eigenvalue weighted by Gasteiger charge is -2.09. The molecular formula is C21H23ClN4O3S. The van der Waals surface area contributed by atoms with E-state index in [2.05, 4.69) is 15.6 Å². The Bertz CT molecular complexity index is 1050. The lowest BCUT2D eigenvalue weighted by atomic mass is 10.2. The van der Waals surface area contributed by atoms with E-state index in [1.54, 1.807) is 37.4 Å². The van der Waals surface area contributed by atoms with Crippen molar-refractivity contribution in [2.45, 2.75) is 18.6 Å². The smallest absolute Gasteiger partial charge is 0.251 e. The molecule has 9 heteroatoms. The van der Waals surface area contributed by atoms with Crippen LogP contribution in [-0.4, -0.2) is 47.4 Å². The average Bonchev–Trinajstić information content (AvgIpc) is 3.07. The van der Waals surface area contributed by atoms with Crippen LogP contribution in [0.4, 0.5) is 5.69 Å². The van der Waals surface area contributed by atoms with Gasteiger partial charge in [0.2, 0.25) is 5.91 Å². The van der Waals surface area contributed by atoms with E-state index in [1.165, 1.54) is 11.8 Å². The summed E-state index contributed by atoms with van der Waals surface area (Å²) in [6.07, 6.45) is 0. The summed E-state index contributed by atoms with van der Waals surface area (Å²) >= 11 is 7.42. The second kappa shape index (κ2) is 10.5. The summed E-state index contributed by atoms with van der Waals surface area (Å²) in [6.45, 7) is 3.55. The quantitative estimate of drug-likeness (QED) is 0.488. The number of thioether (sulfide) groups is 1. The summed E-state index contributed by atoms with van der Waals surface area (Å²) in [5.41, 5.74) is 2.79. The number of nitrogens with zero attached hydrogens (tertiary/aromatic N) is 2. The van der Waals surface area contributed by atoms with Gasteiger partial charge in [0.05, 0.1) is 23.4 Å². The van der Waals surface area contributed by atoms with Crippen molar-refractivity contribution in [3.05, 3.63) is 53.1 Å². The number of methoxy groups -OCH3 is 1. The summed E-state index contributed by atoms with van der Waals surface area (Å²) in [5.74, 6) is -0.181. The first kappa shape index (κ1) is 22.1. The van der Waals surface area contributed by atoms with E-state index in [0.29, 0.717) is 36.0 Å². The van der Waals surface area contributed by atoms with Crippen molar-refractivity contribution in [2.75, 3.05) is 31.3 Å². The van der Waals surface area contributed by atoms with Crippen molar-refractivity contribution in [1.82, 2.24) is 14.9 Å². The first-order valence-electron chi connectivity index (χ1n) is 9.47. The van der Waals surface area contributed by atoms with Crippen molar-refractivity contribution < 1.29 is 14.3 Å². The first-order chi connectivity index (χ1) is 14.5. The van der Waals surface area contributed by atoms with Gasteiger partial charge in [0.25, 0.3) is 5.91 Å². The number of carbonyl (C=O) groups excluding carboxylic acids is 2. The normalized spacial score (nSPS) is 10.9. The SMILES string of the molecule is CCNC(=O)c1cccc(NC(=O)CSc2nc3cc(Cl)ccc3n2CCOC)c1. The van der Waals surface area contributed by atoms with Gasteiger partial charge < -0.3 is 19.9 Å². The fourth-order valence-electron chi connectivity index (χ4n) is 2.92. The van der Waals surface area contributed by atoms with Crippen LogP contribution in [0.3, 0.4) is 0 Å². The number of hydrogen-bond acceptors (Lipinski definition) is 5. The fourth-order valence-corrected chi connectivity index (χ4v) is 3.92. The number of anilines is 1. The molecule has 0 spiro atoms. The van der Waals surface area contributed by atoms with Gasteiger partial charge in [0.1, 0.15) is 0 Å². The number of hydrogen-bond donors (Lipinski definition) is 2. The van der Waals surface area contributed by atoms with E-state index < -0.39 is 0 Å². The standard InChI is InChI=1S/C21H23ClN4O3S/c1-3-23-20(28)14-5-4-6-16(11-14)24-19(27)13-30-21-25-17-12-15(22)7-8-18(17)26(21)9-10-29-2/h4-8,11-12H,3,9-10,13H2,1-2H3,(H,23,28)(H,24,27). The molecule has 0 bridgehead atoms. The molecule has 1 aromatic heterocycles. The number of carbonyl (C=O) groups is 2. The predicted molar refractivity (Wildman–Crippen MR) is 120 cm³/mol. The number of amides is 2. The highest BCUT2D eigenvalue weighted by atomic mass is 35.5. The number of aromatic nitrogens is 2. The maximum absolute atomic E-state index is 12.5. The van der Waals surface area contributed by atoms with E-state index in [0.717, 1.165) is 16.2 Å². The average molecular weight is 447 g/mol. The molecule has 0 radical (unpaired) electrons. The number of halogens is 1. The predicted octanol–water partition coefficient (Wildman–Crippen LogP) is 3.82. The molecule has 0 aliphatic carbocycles. The van der Waals surface area contributed by atoms with Crippen molar-refractivity contribution in [3.8, 4) is 0 Å². The number of imidazole rings is 1. The van der Waals surface area contributed by atoms with Crippen LogP contribution in [0, 0.1) is 0 Å². The minimum atomic E-state index is -0.184. The van der Waals surface area contributed by atoms with Gasteiger partial charge in [-0.15, -0.1) is 0 Å². The topological polar surface area (TPSA) is 85.3 Å². The van der Waals surface area contributed by atoms with Crippen LogP contribution in [0.15, 0.2) is 47.6 Å². The molecule has 0 fully saturated rings. The zero-order chi connectivity index (χ0) is 21.5. The summed E-state index contributed by atoms with van der Waals surface area (Å²) in [6, 6.07) is 12.4. The van der Waals surface area contributed by atoms with Crippen molar-refractivity contribution in [1.29, 1.82) is 0 Å². The van der Waals surface area contributed by atoms with Gasteiger partial charge >= 0.3 is 0 Å². The van der Waals surface area contributed by atoms with E-state index >= 15 is 0 Å². The Labute approximate surface area is 184 Å². The summed E-state index contributed by atoms with van der Waals surface area (Å²) in [7, 11) is 1.64. The molecule has 2 aromatic carbocycles. The molecule has 0 aliphatic rings. The van der Waals surface area contributed by atoms with Gasteiger partial charge in [-0.25, -0.2) is 4.98 Å². The number of fused-ring (bicyclic) bond motifs is 1. The minimum Gasteiger partial charge on any atom is -0.383 e. The lowest BCUT2D eigenvalue weighted by Crippen LogP contribution is -2.23. The summed E-state index contributed by atoms with van der Waals surface area (Å²) in [4.78, 5) is 29.1. The van der Waals surface area contributed by atoms with E-state index in [1.807, 2.05) is 23.6 Å². The Morgan fingerprint density at radius 2 is 2.07 bits per heavy atom. The van der Waals surface area contributed by atoms with Crippen molar-refractivity contribution >= 4 is 51.9 Å². The van der Waals surface area contributed by atoms with Gasteiger partial charge in [-0.05, 0) is 43.3 Å². The highest BCUT2D eigenvalue weighted by Crippen LogP contribution is 2.26. The number of benzene rings is 2. The van der Waals surface area contributed by atoms with Crippen LogP contribution < -0.4 is 10.6 Å². The number of rotatable bonds is 9. The van der Waals surface area contributed by atoms with Gasteiger partial charge in [0, 0.05) is 36.5 Å². The van der Waals surface area contributed by atoms with Crippen LogP contribution in [0.1, 0.15) is 17.3 Å². The molecule has 2 N–H and O–H groups in total. The first-order valence-corrected chi connectivity index (χ1v) is 10.8. The monoisotopic (exact) mass is 446 g/mol. The second-order valence-electron chi connectivity index (χ2n) is 6.45. The molecule has 3 aromatic rings. The molecule has 0 saturated heterocycles. The Morgan fingerprint density at radius 1 is 1.23 bits per heavy atom. The van der Waals surface area contributed by atoms with E-state index in [9.17, 15) is 9.59 Å². The maximum atomic E-state index is 12.5. The van der Waals surface area contributed by atoms with Crippen LogP contribution in [0.5, 0.6) is 0 Å². The largest absolute Gasteiger partial charge is 0.383 e. The molecule has 1 heterocycles. The Balaban J connectivity index is 1.69. The van der Waals surface area contributed by atoms with Gasteiger partial charge in [-0.2, -0.15) is 0 Å². The molecule has 158 valence electrons. The maximum Gasteiger partial charge on any atom is 0.251 e. The molecule has 0 atom stereocenters. The molecule has 7 nitrogen and oxygen atoms in total. The van der Waals surface area contributed by atoms with Crippen LogP contribution in [0.25, 0.3) is 11.0 Å². The Kier molecular flexibility index (Phi) is 7.73. The molecular weight excluding hydrogens is 424 g/mol. The van der Waals surface area contributed by atoms with Gasteiger partial charge in [-0.3, -0.25) is 9.59 Å². The highest BCUT2D eigenvalue weighted by Gasteiger charge is 2.14. The lowest BCUT2D eigenvalue weighted by molar-refractivity contribution is -0.113. The minimum absolute atomic E-state index is 0.173. The van der Waals surface area contributed by atoms with Crippen LogP contribution >= 0.6 is 23.4 Å². The van der Waals surface area contributed by atoms with Crippen LogP contribution in [0.2, 0.25) is 5.02 Å². The Hall–Kier alpha value is -2.55. The summed E-state index contributed by atoms with van der Waals surface area (Å²) in [5, 5.41) is 6.90. The Morgan fingerprint density at radius 3 is 2.83 bits per heavy atom. The molecule has 0 saturated carbocycles. The zero-order valence-corrected chi connectivity index (χ0v) is 18.3. The molecule has 0 unspecified atom stereocenters. The molecule has 30 heavy (non-hydrogen) atoms. The van der Waals surface area contributed by atoms with Gasteiger partial charge in [0.15, 0.2) is 5.16 Å². The third-order valence-electron chi connectivity index (χ3n) is 4.27. The van der Waals surface area contributed by atoms with Crippen LogP contribution in [-0.2, 0) is 16.1 Å². The third-order valence-corrected chi connectivity index (χ3v) is 5.48. The number of nitrogens with one attached hydrogen (secondary N) is 2. The van der Waals surface area contributed by atoms with E-state index in [-0.39, 0.29) is 17.6 Å². The summed E-state index contributed by atoms with van der Waals surface area (Å²) < 4.78 is 7.22. The number of ether oxygens (including phenoxy) is 1. The molecule has 0 aliphatic heterocycles. The van der Waals surface area contributed by atoms with Crippen molar-refractivity contribution in [3.63, 3.8) is 0 Å². The highest BCUT2D eigenvalue weighted by molar-refractivity contribution is 7.99. The second-order valence-corrected chi connectivity index (χ2v) is 7.83. The zero-order valence-electron chi connectivity index (χ0n) is 16.8. The molecule has 3 rings (SSSR count). The van der Waals surface area contributed by atoms with Gasteiger partial charge in [-0.1, -0.05) is 29.4 Å². The van der Waals surface area contributed by atoms with Crippen molar-refractivity contribution in [2.24, 2.45) is 0 Å². The fraction of sp³-hybridized carbons (Fsp3) is 0.286. The van der Waals surface area contributed by atoms with E-state index in [4.69, 9.17) is 16.3 Å². The molecule has 2 amide bonds. The third kappa shape index (κ3) is 5.53.